The normalized spacial score (nSPS) is 12.3. The molecule has 5 nitrogen and oxygen atoms in total. The number of aromatic hydroxyl groups is 1. The van der Waals surface area contributed by atoms with Crippen LogP contribution in [0.15, 0.2) is 65.7 Å². The van der Waals surface area contributed by atoms with Crippen LogP contribution in [0.2, 0.25) is 10.0 Å². The summed E-state index contributed by atoms with van der Waals surface area (Å²) >= 11 is 12.1. The third kappa shape index (κ3) is 5.06. The van der Waals surface area contributed by atoms with Crippen molar-refractivity contribution in [2.24, 2.45) is 4.99 Å². The summed E-state index contributed by atoms with van der Waals surface area (Å²) in [5.41, 5.74) is -0.208. The number of aliphatic imine (C=N–C) groups is 1. The molecule has 0 saturated carbocycles. The van der Waals surface area contributed by atoms with Crippen molar-refractivity contribution in [3.63, 3.8) is 0 Å². The smallest absolute Gasteiger partial charge is 0.144 e. The summed E-state index contributed by atoms with van der Waals surface area (Å²) in [5, 5.41) is 22.8. The van der Waals surface area contributed by atoms with Gasteiger partial charge in [0.2, 0.25) is 0 Å². The van der Waals surface area contributed by atoms with E-state index in [1.165, 1.54) is 12.3 Å². The van der Waals surface area contributed by atoms with E-state index in [2.05, 4.69) is 4.99 Å². The zero-order valence-electron chi connectivity index (χ0n) is 17.6. The Balaban J connectivity index is 0.00000363. The van der Waals surface area contributed by atoms with Gasteiger partial charge >= 0.3 is 0 Å². The van der Waals surface area contributed by atoms with Crippen LogP contribution in [0, 0.1) is 0 Å². The third-order valence-corrected chi connectivity index (χ3v) is 5.64. The Labute approximate surface area is 208 Å². The van der Waals surface area contributed by atoms with Crippen molar-refractivity contribution in [2.75, 3.05) is 14.2 Å². The van der Waals surface area contributed by atoms with Crippen LogP contribution < -0.4 is 9.47 Å². The first-order valence-corrected chi connectivity index (χ1v) is 10.3. The number of phenols is 1. The minimum atomic E-state index is -1.60. The number of nitrogens with zero attached hydrogens (tertiary/aromatic N) is 1. The van der Waals surface area contributed by atoms with Gasteiger partial charge < -0.3 is 19.7 Å². The first-order valence-electron chi connectivity index (χ1n) is 9.53. The van der Waals surface area contributed by atoms with Crippen molar-refractivity contribution in [3.05, 3.63) is 87.4 Å². The molecule has 0 aliphatic carbocycles. The molecule has 0 saturated heterocycles. The second-order valence-electron chi connectivity index (χ2n) is 6.95. The molecule has 1 radical (unpaired) electrons. The number of para-hydroxylation sites is 2. The molecule has 32 heavy (non-hydrogen) atoms. The van der Waals surface area contributed by atoms with Crippen molar-refractivity contribution in [1.29, 1.82) is 0 Å². The van der Waals surface area contributed by atoms with E-state index in [4.69, 9.17) is 32.7 Å². The number of ether oxygens (including phenoxy) is 2. The van der Waals surface area contributed by atoms with E-state index >= 15 is 0 Å². The molecule has 0 amide bonds. The summed E-state index contributed by atoms with van der Waals surface area (Å²) in [6.45, 7) is 1.76. The van der Waals surface area contributed by atoms with Gasteiger partial charge in [0, 0.05) is 45.0 Å². The molecule has 3 aromatic rings. The molecule has 0 bridgehead atoms. The van der Waals surface area contributed by atoms with Crippen molar-refractivity contribution in [2.45, 2.75) is 18.6 Å². The van der Waals surface area contributed by atoms with Crippen LogP contribution in [0.3, 0.4) is 0 Å². The Morgan fingerprint density at radius 3 is 1.94 bits per heavy atom. The van der Waals surface area contributed by atoms with Gasteiger partial charge in [-0.3, -0.25) is 4.99 Å². The van der Waals surface area contributed by atoms with E-state index in [1.807, 2.05) is 24.3 Å². The summed E-state index contributed by atoms with van der Waals surface area (Å²) in [7, 11) is 3.09. The summed E-state index contributed by atoms with van der Waals surface area (Å²) in [6.07, 6.45) is 1.44. The van der Waals surface area contributed by atoms with Crippen LogP contribution in [0.25, 0.3) is 0 Å². The number of hydrogen-bond acceptors (Lipinski definition) is 5. The van der Waals surface area contributed by atoms with Gasteiger partial charge in [-0.05, 0) is 31.2 Å². The maximum atomic E-state index is 12.1. The Hall–Kier alpha value is -2.21. The van der Waals surface area contributed by atoms with Crippen molar-refractivity contribution in [3.8, 4) is 17.2 Å². The van der Waals surface area contributed by atoms with Gasteiger partial charge in [-0.15, -0.1) is 0 Å². The predicted octanol–water partition coefficient (Wildman–Crippen LogP) is 5.46. The molecular formula is C24H23Cl2CuNO4. The largest absolute Gasteiger partial charge is 0.506 e. The van der Waals surface area contributed by atoms with Crippen LogP contribution in [-0.4, -0.2) is 36.7 Å². The summed E-state index contributed by atoms with van der Waals surface area (Å²) in [4.78, 5) is 4.55. The van der Waals surface area contributed by atoms with E-state index in [-0.39, 0.29) is 27.8 Å². The van der Waals surface area contributed by atoms with E-state index < -0.39 is 11.6 Å². The number of aliphatic hydroxyl groups is 1. The minimum Gasteiger partial charge on any atom is -0.506 e. The number of phenolic OH excluding ortho intramolecular Hbond substituents is 1. The molecule has 173 valence electrons. The van der Waals surface area contributed by atoms with Gasteiger partial charge in [-0.25, -0.2) is 0 Å². The van der Waals surface area contributed by atoms with E-state index in [0.717, 1.165) is 0 Å². The first kappa shape index (κ1) is 26.0. The van der Waals surface area contributed by atoms with Gasteiger partial charge in [0.05, 0.1) is 25.3 Å². The van der Waals surface area contributed by atoms with Crippen molar-refractivity contribution >= 4 is 29.4 Å². The van der Waals surface area contributed by atoms with Gasteiger partial charge in [0.25, 0.3) is 0 Å². The topological polar surface area (TPSA) is 71.3 Å². The molecule has 0 aliphatic heterocycles. The molecule has 3 rings (SSSR count). The summed E-state index contributed by atoms with van der Waals surface area (Å²) in [5.74, 6) is 0.873. The number of benzene rings is 3. The summed E-state index contributed by atoms with van der Waals surface area (Å²) in [6, 6.07) is 16.7. The van der Waals surface area contributed by atoms with E-state index in [0.29, 0.717) is 33.2 Å². The first-order chi connectivity index (χ1) is 14.8. The molecule has 1 atom stereocenters. The zero-order valence-corrected chi connectivity index (χ0v) is 20.1. The Morgan fingerprint density at radius 1 is 0.938 bits per heavy atom. The molecular weight excluding hydrogens is 501 g/mol. The van der Waals surface area contributed by atoms with Gasteiger partial charge in [0.1, 0.15) is 22.8 Å². The Kier molecular flexibility index (Phi) is 9.02. The standard InChI is InChI=1S/C24H23Cl2NO4.Cu/c1-15(27-14-16-12-17(25)13-20(26)23(16)28)24(29,18-8-4-6-10-21(18)30-2)19-9-5-7-11-22(19)31-3;/h4-15,28-29H,1-3H3;/t15-;/m1./s1. The fraction of sp³-hybridized carbons (Fsp3) is 0.208. The van der Waals surface area contributed by atoms with Crippen LogP contribution in [0.1, 0.15) is 23.6 Å². The summed E-state index contributed by atoms with van der Waals surface area (Å²) < 4.78 is 11.0. The quantitative estimate of drug-likeness (QED) is 0.319. The van der Waals surface area contributed by atoms with Gasteiger partial charge in [-0.1, -0.05) is 59.6 Å². The Bertz CT molecular complexity index is 1060. The van der Waals surface area contributed by atoms with Crippen LogP contribution in [-0.2, 0) is 22.7 Å². The molecule has 0 unspecified atom stereocenters. The van der Waals surface area contributed by atoms with Crippen LogP contribution in [0.4, 0.5) is 0 Å². The molecule has 0 heterocycles. The molecule has 3 aromatic carbocycles. The third-order valence-electron chi connectivity index (χ3n) is 5.13. The van der Waals surface area contributed by atoms with Gasteiger partial charge in [0.15, 0.2) is 0 Å². The fourth-order valence-corrected chi connectivity index (χ4v) is 4.01. The predicted molar refractivity (Wildman–Crippen MR) is 124 cm³/mol. The molecule has 8 heteroatoms. The van der Waals surface area contributed by atoms with Crippen LogP contribution >= 0.6 is 23.2 Å². The average molecular weight is 524 g/mol. The zero-order chi connectivity index (χ0) is 22.6. The maximum absolute atomic E-state index is 12.1. The molecule has 0 fully saturated rings. The Morgan fingerprint density at radius 2 is 1.44 bits per heavy atom. The average Bonchev–Trinajstić information content (AvgIpc) is 2.79. The minimum absolute atomic E-state index is 0. The number of methoxy groups -OCH3 is 2. The SMILES string of the molecule is COc1ccccc1C(O)(c1ccccc1OC)[C@@H](C)N=Cc1cc(Cl)cc(Cl)c1O.[Cu]. The van der Waals surface area contributed by atoms with Crippen LogP contribution in [0.5, 0.6) is 17.2 Å². The maximum Gasteiger partial charge on any atom is 0.144 e. The number of halogens is 2. The second-order valence-corrected chi connectivity index (χ2v) is 7.79. The second kappa shape index (κ2) is 11.1. The fourth-order valence-electron chi connectivity index (χ4n) is 3.50. The van der Waals surface area contributed by atoms with Gasteiger partial charge in [-0.2, -0.15) is 0 Å². The molecule has 0 aliphatic rings. The van der Waals surface area contributed by atoms with Crippen molar-refractivity contribution < 1.29 is 36.8 Å². The monoisotopic (exact) mass is 522 g/mol. The number of hydrogen-bond donors (Lipinski definition) is 2. The molecule has 0 aromatic heterocycles. The molecule has 2 N–H and O–H groups in total. The van der Waals surface area contributed by atoms with Crippen molar-refractivity contribution in [1.82, 2.24) is 0 Å². The number of rotatable bonds is 7. The van der Waals surface area contributed by atoms with E-state index in [9.17, 15) is 10.2 Å². The molecule has 0 spiro atoms. The van der Waals surface area contributed by atoms with E-state index in [1.54, 1.807) is 51.5 Å².